The van der Waals surface area contributed by atoms with Crippen molar-refractivity contribution in [2.75, 3.05) is 13.2 Å². The Bertz CT molecular complexity index is 670. The van der Waals surface area contributed by atoms with Crippen molar-refractivity contribution < 1.29 is 22.6 Å². The summed E-state index contributed by atoms with van der Waals surface area (Å²) in [6, 6.07) is 11.4. The molecule has 0 aliphatic rings. The Morgan fingerprint density at radius 1 is 1.00 bits per heavy atom. The van der Waals surface area contributed by atoms with Crippen molar-refractivity contribution in [3.05, 3.63) is 42.2 Å². The maximum atomic E-state index is 12.7. The van der Waals surface area contributed by atoms with E-state index in [-0.39, 0.29) is 13.2 Å². The average molecular weight is 366 g/mol. The first-order valence-corrected chi connectivity index (χ1v) is 10.3. The fourth-order valence-electron chi connectivity index (χ4n) is 2.48. The third-order valence-corrected chi connectivity index (χ3v) is 5.17. The Labute approximate surface area is 149 Å². The zero-order valence-electron chi connectivity index (χ0n) is 15.2. The Morgan fingerprint density at radius 3 is 2.28 bits per heavy atom. The van der Waals surface area contributed by atoms with E-state index in [0.717, 1.165) is 37.0 Å². The van der Waals surface area contributed by atoms with E-state index in [1.54, 1.807) is 19.9 Å². The lowest BCUT2D eigenvalue weighted by Crippen LogP contribution is -2.02. The molecule has 25 heavy (non-hydrogen) atoms. The summed E-state index contributed by atoms with van der Waals surface area (Å²) in [4.78, 5) is 0. The first kappa shape index (κ1) is 19.8. The van der Waals surface area contributed by atoms with E-state index >= 15 is 0 Å². The molecule has 2 aromatic rings. The highest BCUT2D eigenvalue weighted by Gasteiger charge is 2.30. The van der Waals surface area contributed by atoms with Gasteiger partial charge in [-0.25, -0.2) is 4.57 Å². The van der Waals surface area contributed by atoms with Gasteiger partial charge in [0, 0.05) is 18.1 Å². The summed E-state index contributed by atoms with van der Waals surface area (Å²) in [7, 11) is -3.67. The van der Waals surface area contributed by atoms with Crippen LogP contribution in [0, 0.1) is 0 Å². The lowest BCUT2D eigenvalue weighted by Gasteiger charge is -2.16. The SMILES string of the molecule is CCCCCc1cc(OP(=O)(OCC)OCC)c(-c2ccccc2)o1. The molecule has 0 fully saturated rings. The predicted octanol–water partition coefficient (Wildman–Crippen LogP) is 6.24. The van der Waals surface area contributed by atoms with Gasteiger partial charge in [0.05, 0.1) is 13.2 Å². The standard InChI is InChI=1S/C19H27O5P/c1-4-7-9-14-17-15-18(24-25(20,21-5-2)22-6-3)19(23-17)16-12-10-8-11-13-16/h8,10-13,15H,4-7,9,14H2,1-3H3. The molecule has 0 N–H and O–H groups in total. The molecule has 0 radical (unpaired) electrons. The number of aryl methyl sites for hydroxylation is 1. The maximum Gasteiger partial charge on any atom is 0.530 e. The lowest BCUT2D eigenvalue weighted by molar-refractivity contribution is 0.167. The molecule has 0 aliphatic carbocycles. The molecule has 2 rings (SSSR count). The van der Waals surface area contributed by atoms with Crippen LogP contribution in [0.3, 0.4) is 0 Å². The van der Waals surface area contributed by atoms with Crippen LogP contribution in [0.5, 0.6) is 5.75 Å². The van der Waals surface area contributed by atoms with Gasteiger partial charge in [-0.05, 0) is 20.3 Å². The summed E-state index contributed by atoms with van der Waals surface area (Å²) in [6.45, 7) is 6.13. The van der Waals surface area contributed by atoms with E-state index in [1.807, 2.05) is 30.3 Å². The zero-order valence-corrected chi connectivity index (χ0v) is 16.1. The van der Waals surface area contributed by atoms with Crippen molar-refractivity contribution in [1.82, 2.24) is 0 Å². The lowest BCUT2D eigenvalue weighted by atomic mass is 10.1. The molecule has 0 spiro atoms. The molecule has 1 aromatic carbocycles. The topological polar surface area (TPSA) is 57.9 Å². The van der Waals surface area contributed by atoms with Crippen LogP contribution in [-0.2, 0) is 20.0 Å². The van der Waals surface area contributed by atoms with Crippen molar-refractivity contribution in [2.24, 2.45) is 0 Å². The van der Waals surface area contributed by atoms with Gasteiger partial charge in [-0.15, -0.1) is 0 Å². The van der Waals surface area contributed by atoms with Crippen LogP contribution in [0.15, 0.2) is 40.8 Å². The van der Waals surface area contributed by atoms with Crippen LogP contribution in [0.4, 0.5) is 0 Å². The fraction of sp³-hybridized carbons (Fsp3) is 0.474. The van der Waals surface area contributed by atoms with Gasteiger partial charge in [0.25, 0.3) is 0 Å². The van der Waals surface area contributed by atoms with Gasteiger partial charge in [-0.3, -0.25) is 9.05 Å². The van der Waals surface area contributed by atoms with Gasteiger partial charge in [-0.2, -0.15) is 0 Å². The molecular formula is C19H27O5P. The van der Waals surface area contributed by atoms with Crippen molar-refractivity contribution in [3.63, 3.8) is 0 Å². The van der Waals surface area contributed by atoms with Gasteiger partial charge in [0.1, 0.15) is 5.76 Å². The molecule has 0 unspecified atom stereocenters. The molecule has 1 aromatic heterocycles. The van der Waals surface area contributed by atoms with Gasteiger partial charge < -0.3 is 8.94 Å². The highest BCUT2D eigenvalue weighted by Crippen LogP contribution is 2.52. The number of phosphoric acid groups is 1. The van der Waals surface area contributed by atoms with Crippen molar-refractivity contribution in [3.8, 4) is 17.1 Å². The van der Waals surface area contributed by atoms with E-state index in [2.05, 4.69) is 6.92 Å². The normalized spacial score (nSPS) is 11.6. The average Bonchev–Trinajstić information content (AvgIpc) is 2.98. The van der Waals surface area contributed by atoms with Crippen LogP contribution in [0.1, 0.15) is 45.8 Å². The third kappa shape index (κ3) is 5.74. The quantitative estimate of drug-likeness (QED) is 0.348. The largest absolute Gasteiger partial charge is 0.530 e. The Hall–Kier alpha value is -1.55. The highest BCUT2D eigenvalue weighted by atomic mass is 31.2. The minimum atomic E-state index is -3.67. The summed E-state index contributed by atoms with van der Waals surface area (Å²) in [5.41, 5.74) is 0.860. The monoisotopic (exact) mass is 366 g/mol. The molecule has 6 heteroatoms. The number of rotatable bonds is 11. The van der Waals surface area contributed by atoms with Gasteiger partial charge in [-0.1, -0.05) is 50.1 Å². The van der Waals surface area contributed by atoms with E-state index in [9.17, 15) is 4.57 Å². The van der Waals surface area contributed by atoms with E-state index in [0.29, 0.717) is 11.5 Å². The number of unbranched alkanes of at least 4 members (excludes halogenated alkanes) is 2. The first-order valence-electron chi connectivity index (χ1n) is 8.88. The Balaban J connectivity index is 2.31. The van der Waals surface area contributed by atoms with Crippen LogP contribution >= 0.6 is 7.82 Å². The molecule has 0 atom stereocenters. The molecule has 0 aliphatic heterocycles. The first-order chi connectivity index (χ1) is 12.1. The molecule has 0 saturated carbocycles. The summed E-state index contributed by atoms with van der Waals surface area (Å²) < 4.78 is 34.9. The van der Waals surface area contributed by atoms with Crippen molar-refractivity contribution >= 4 is 7.82 Å². The minimum absolute atomic E-state index is 0.235. The second kappa shape index (κ2) is 9.81. The number of furan rings is 1. The van der Waals surface area contributed by atoms with Crippen LogP contribution < -0.4 is 4.52 Å². The second-order valence-electron chi connectivity index (χ2n) is 5.60. The molecule has 138 valence electrons. The summed E-state index contributed by atoms with van der Waals surface area (Å²) in [6.07, 6.45) is 4.12. The molecule has 1 heterocycles. The van der Waals surface area contributed by atoms with Crippen LogP contribution in [0.2, 0.25) is 0 Å². The molecule has 0 bridgehead atoms. The van der Waals surface area contributed by atoms with Gasteiger partial charge >= 0.3 is 7.82 Å². The number of phosphoric ester groups is 1. The molecular weight excluding hydrogens is 339 g/mol. The second-order valence-corrected chi connectivity index (χ2v) is 7.20. The number of hydrogen-bond donors (Lipinski definition) is 0. The van der Waals surface area contributed by atoms with E-state index in [4.69, 9.17) is 18.0 Å². The van der Waals surface area contributed by atoms with E-state index < -0.39 is 7.82 Å². The molecule has 0 saturated heterocycles. The smallest absolute Gasteiger partial charge is 0.457 e. The third-order valence-electron chi connectivity index (χ3n) is 3.60. The Kier molecular flexibility index (Phi) is 7.76. The summed E-state index contributed by atoms with van der Waals surface area (Å²) in [5.74, 6) is 1.75. The predicted molar refractivity (Wildman–Crippen MR) is 98.9 cm³/mol. The highest BCUT2D eigenvalue weighted by molar-refractivity contribution is 7.48. The fourth-order valence-corrected chi connectivity index (χ4v) is 3.67. The van der Waals surface area contributed by atoms with Gasteiger partial charge in [0.15, 0.2) is 11.5 Å². The van der Waals surface area contributed by atoms with Crippen LogP contribution in [-0.4, -0.2) is 13.2 Å². The maximum absolute atomic E-state index is 12.7. The molecule has 0 amide bonds. The minimum Gasteiger partial charge on any atom is -0.457 e. The van der Waals surface area contributed by atoms with Crippen LogP contribution in [0.25, 0.3) is 11.3 Å². The van der Waals surface area contributed by atoms with Crippen molar-refractivity contribution in [1.29, 1.82) is 0 Å². The summed E-state index contributed by atoms with van der Waals surface area (Å²) >= 11 is 0. The van der Waals surface area contributed by atoms with Gasteiger partial charge in [0.2, 0.25) is 0 Å². The molecule has 5 nitrogen and oxygen atoms in total. The zero-order chi connectivity index (χ0) is 18.1. The number of hydrogen-bond acceptors (Lipinski definition) is 5. The van der Waals surface area contributed by atoms with Crippen molar-refractivity contribution in [2.45, 2.75) is 46.5 Å². The number of benzene rings is 1. The summed E-state index contributed by atoms with van der Waals surface area (Å²) in [5, 5.41) is 0. The Morgan fingerprint density at radius 2 is 1.68 bits per heavy atom. The van der Waals surface area contributed by atoms with E-state index in [1.165, 1.54) is 0 Å².